The Bertz CT molecular complexity index is 1610. The number of aryl methyl sites for hydroxylation is 2. The number of carbonyl (C=O) groups is 1. The van der Waals surface area contributed by atoms with Gasteiger partial charge in [0.1, 0.15) is 6.10 Å². The van der Waals surface area contributed by atoms with Gasteiger partial charge < -0.3 is 9.64 Å². The molecule has 9 nitrogen and oxygen atoms in total. The number of carbonyl (C=O) groups excluding carboxylic acids is 1. The second-order valence-corrected chi connectivity index (χ2v) is 13.1. The van der Waals surface area contributed by atoms with E-state index in [0.29, 0.717) is 30.6 Å². The number of nitrogens with one attached hydrogen (secondary N) is 1. The quantitative estimate of drug-likeness (QED) is 0.425. The van der Waals surface area contributed by atoms with Crippen LogP contribution in [0.25, 0.3) is 11.3 Å². The van der Waals surface area contributed by atoms with E-state index in [9.17, 15) is 22.0 Å². The van der Waals surface area contributed by atoms with Crippen LogP contribution in [-0.4, -0.2) is 71.8 Å². The van der Waals surface area contributed by atoms with E-state index in [2.05, 4.69) is 14.7 Å². The van der Waals surface area contributed by atoms with Gasteiger partial charge in [0, 0.05) is 43.6 Å². The van der Waals surface area contributed by atoms with Crippen LogP contribution in [0.4, 0.5) is 14.7 Å². The zero-order valence-corrected chi connectivity index (χ0v) is 25.6. The van der Waals surface area contributed by atoms with Crippen molar-refractivity contribution in [3.05, 3.63) is 65.2 Å². The normalized spacial score (nSPS) is 22.0. The number of fused-ring (bicyclic) bond motifs is 6. The molecule has 230 valence electrons. The minimum atomic E-state index is -4.06. The highest BCUT2D eigenvalue weighted by molar-refractivity contribution is 7.92. The van der Waals surface area contributed by atoms with Gasteiger partial charge in [-0.1, -0.05) is 30.3 Å². The van der Waals surface area contributed by atoms with Gasteiger partial charge >= 0.3 is 0 Å². The van der Waals surface area contributed by atoms with Crippen molar-refractivity contribution in [1.82, 2.24) is 19.8 Å². The molecule has 3 aliphatic rings. The lowest BCUT2D eigenvalue weighted by atomic mass is 9.91. The standard InChI is InChI=1S/C30H33F2N5O4S.ClH/c1-19-5-3-6-20(2)28(19)25-14-26-34-29(33-25)35-42(39,40)24-8-4-7-21(13-24)15-37-17-23(41-26)16-36(18-27(37)38)22-9-11-30(31,32)12-10-22;/h3-8,13-14,22-23H,9-12,15-18H2,1-2H3,(H,33,34,35);1H. The van der Waals surface area contributed by atoms with Gasteiger partial charge in [0.25, 0.3) is 10.0 Å². The highest BCUT2D eigenvalue weighted by Crippen LogP contribution is 2.36. The molecule has 13 heteroatoms. The third kappa shape index (κ3) is 6.76. The molecule has 1 saturated heterocycles. The average molecular weight is 634 g/mol. The summed E-state index contributed by atoms with van der Waals surface area (Å²) in [5.41, 5.74) is 3.86. The second-order valence-electron chi connectivity index (χ2n) is 11.5. The van der Waals surface area contributed by atoms with Gasteiger partial charge in [-0.25, -0.2) is 26.9 Å². The summed E-state index contributed by atoms with van der Waals surface area (Å²) in [6, 6.07) is 13.8. The Labute approximate surface area is 256 Å². The molecule has 3 heterocycles. The summed E-state index contributed by atoms with van der Waals surface area (Å²) in [6.45, 7) is 4.70. The molecule has 1 aromatic heterocycles. The van der Waals surface area contributed by atoms with Gasteiger partial charge in [0.15, 0.2) is 0 Å². The van der Waals surface area contributed by atoms with Crippen molar-refractivity contribution in [2.75, 3.05) is 24.4 Å². The van der Waals surface area contributed by atoms with Crippen molar-refractivity contribution >= 4 is 34.3 Å². The topological polar surface area (TPSA) is 105 Å². The van der Waals surface area contributed by atoms with Crippen LogP contribution in [0.5, 0.6) is 5.88 Å². The zero-order chi connectivity index (χ0) is 29.6. The first-order chi connectivity index (χ1) is 20.0. The molecule has 6 rings (SSSR count). The van der Waals surface area contributed by atoms with Gasteiger partial charge in [-0.05, 0) is 55.5 Å². The maximum absolute atomic E-state index is 14.0. The molecule has 1 saturated carbocycles. The first-order valence-corrected chi connectivity index (χ1v) is 15.6. The van der Waals surface area contributed by atoms with E-state index in [1.165, 1.54) is 12.1 Å². The van der Waals surface area contributed by atoms with Crippen LogP contribution in [0.3, 0.4) is 0 Å². The molecular weight excluding hydrogens is 600 g/mol. The Kier molecular flexibility index (Phi) is 8.65. The molecule has 43 heavy (non-hydrogen) atoms. The van der Waals surface area contributed by atoms with Crippen LogP contribution in [0, 0.1) is 13.8 Å². The van der Waals surface area contributed by atoms with Gasteiger partial charge in [-0.15, -0.1) is 12.4 Å². The number of ether oxygens (including phenoxy) is 1. The smallest absolute Gasteiger partial charge is 0.264 e. The molecule has 1 unspecified atom stereocenters. The minimum absolute atomic E-state index is 0. The third-order valence-corrected chi connectivity index (χ3v) is 9.62. The summed E-state index contributed by atoms with van der Waals surface area (Å²) >= 11 is 0. The van der Waals surface area contributed by atoms with Gasteiger partial charge in [0.05, 0.1) is 23.7 Å². The van der Waals surface area contributed by atoms with Crippen LogP contribution in [0.1, 0.15) is 42.4 Å². The van der Waals surface area contributed by atoms with E-state index in [-0.39, 0.29) is 73.6 Å². The predicted molar refractivity (Wildman–Crippen MR) is 160 cm³/mol. The molecule has 1 N–H and O–H groups in total. The number of amides is 1. The molecule has 2 fully saturated rings. The van der Waals surface area contributed by atoms with Crippen LogP contribution in [0.2, 0.25) is 0 Å². The Hall–Kier alpha value is -3.35. The van der Waals surface area contributed by atoms with Crippen molar-refractivity contribution in [2.24, 2.45) is 0 Å². The number of halogens is 3. The molecule has 2 aliphatic heterocycles. The van der Waals surface area contributed by atoms with Gasteiger partial charge in [0.2, 0.25) is 23.7 Å². The van der Waals surface area contributed by atoms with Crippen molar-refractivity contribution in [2.45, 2.75) is 69.0 Å². The Morgan fingerprint density at radius 1 is 0.977 bits per heavy atom. The monoisotopic (exact) mass is 633 g/mol. The van der Waals surface area contributed by atoms with E-state index in [1.807, 2.05) is 36.9 Å². The predicted octanol–water partition coefficient (Wildman–Crippen LogP) is 4.97. The fourth-order valence-electron chi connectivity index (χ4n) is 6.16. The number of benzene rings is 2. The van der Waals surface area contributed by atoms with E-state index < -0.39 is 22.0 Å². The SMILES string of the molecule is Cc1cccc(C)c1-c1cc2nc(n1)NS(=O)(=O)c1cccc(c1)CN1CC(CN(C3CCC(F)(F)CC3)CC1=O)O2.Cl. The van der Waals surface area contributed by atoms with Crippen molar-refractivity contribution < 1.29 is 26.7 Å². The molecule has 1 atom stereocenters. The number of sulfonamides is 1. The summed E-state index contributed by atoms with van der Waals surface area (Å²) in [6.07, 6.45) is -0.373. The minimum Gasteiger partial charge on any atom is -0.471 e. The maximum Gasteiger partial charge on any atom is 0.264 e. The fraction of sp³-hybridized carbons (Fsp3) is 0.433. The highest BCUT2D eigenvalue weighted by Gasteiger charge is 2.40. The molecule has 2 aromatic carbocycles. The van der Waals surface area contributed by atoms with Gasteiger partial charge in [-0.3, -0.25) is 9.69 Å². The molecule has 0 radical (unpaired) electrons. The van der Waals surface area contributed by atoms with Crippen molar-refractivity contribution in [3.8, 4) is 17.1 Å². The lowest BCUT2D eigenvalue weighted by Gasteiger charge is -2.36. The molecular formula is C30H34ClF2N5O4S. The lowest BCUT2D eigenvalue weighted by Crippen LogP contribution is -2.46. The number of hydrogen-bond acceptors (Lipinski definition) is 7. The first-order valence-electron chi connectivity index (χ1n) is 14.1. The lowest BCUT2D eigenvalue weighted by molar-refractivity contribution is -0.132. The van der Waals surface area contributed by atoms with Crippen molar-refractivity contribution in [3.63, 3.8) is 0 Å². The molecule has 1 amide bonds. The average Bonchev–Trinajstić information content (AvgIpc) is 3.06. The zero-order valence-electron chi connectivity index (χ0n) is 23.9. The van der Waals surface area contributed by atoms with E-state index in [0.717, 1.165) is 16.7 Å². The number of nitrogens with zero attached hydrogens (tertiary/aromatic N) is 4. The second kappa shape index (κ2) is 12.0. The van der Waals surface area contributed by atoms with E-state index in [4.69, 9.17) is 4.74 Å². The summed E-state index contributed by atoms with van der Waals surface area (Å²) in [5.74, 6) is -2.83. The molecule has 1 aliphatic carbocycles. The Balaban J connectivity index is 0.00000368. The van der Waals surface area contributed by atoms with E-state index in [1.54, 1.807) is 23.1 Å². The summed E-state index contributed by atoms with van der Waals surface area (Å²) in [4.78, 5) is 26.1. The van der Waals surface area contributed by atoms with Crippen LogP contribution in [0.15, 0.2) is 53.4 Å². The summed E-state index contributed by atoms with van der Waals surface area (Å²) in [5, 5.41) is 0. The number of aromatic nitrogens is 2. The molecule has 0 spiro atoms. The fourth-order valence-corrected chi connectivity index (χ4v) is 7.17. The largest absolute Gasteiger partial charge is 0.471 e. The Morgan fingerprint density at radius 3 is 2.40 bits per heavy atom. The number of rotatable bonds is 2. The van der Waals surface area contributed by atoms with E-state index >= 15 is 0 Å². The van der Waals surface area contributed by atoms with Crippen LogP contribution >= 0.6 is 12.4 Å². The Morgan fingerprint density at radius 2 is 1.67 bits per heavy atom. The highest BCUT2D eigenvalue weighted by atomic mass is 35.5. The number of alkyl halides is 2. The van der Waals surface area contributed by atoms with Gasteiger partial charge in [-0.2, -0.15) is 4.98 Å². The summed E-state index contributed by atoms with van der Waals surface area (Å²) in [7, 11) is -4.06. The number of anilines is 1. The van der Waals surface area contributed by atoms with Crippen LogP contribution in [-0.2, 0) is 21.4 Å². The van der Waals surface area contributed by atoms with Crippen LogP contribution < -0.4 is 9.46 Å². The first kappa shape index (κ1) is 31.1. The maximum atomic E-state index is 14.0. The third-order valence-electron chi connectivity index (χ3n) is 8.29. The molecule has 6 bridgehead atoms. The number of hydrogen-bond donors (Lipinski definition) is 1. The summed E-state index contributed by atoms with van der Waals surface area (Å²) < 4.78 is 63.6. The van der Waals surface area contributed by atoms with Crippen molar-refractivity contribution in [1.29, 1.82) is 0 Å². The molecule has 3 aromatic rings.